The van der Waals surface area contributed by atoms with Crippen molar-refractivity contribution in [3.05, 3.63) is 70.3 Å². The number of nitrogens with one attached hydrogen (secondary N) is 1. The number of benzene rings is 2. The monoisotopic (exact) mass is 237 g/mol. The van der Waals surface area contributed by atoms with E-state index in [2.05, 4.69) is 61.6 Å². The molecule has 1 nitrogen and oxygen atoms in total. The number of rotatable bonds is 1. The lowest BCUT2D eigenvalue weighted by molar-refractivity contribution is 0.563. The first-order valence-electron chi connectivity index (χ1n) is 6.64. The summed E-state index contributed by atoms with van der Waals surface area (Å²) in [6.07, 6.45) is 1.14. The Hall–Kier alpha value is -1.60. The van der Waals surface area contributed by atoms with Gasteiger partial charge in [-0.2, -0.15) is 0 Å². The van der Waals surface area contributed by atoms with Gasteiger partial charge in [0, 0.05) is 6.54 Å². The molecule has 2 aromatic rings. The molecule has 1 aliphatic rings. The fourth-order valence-corrected chi connectivity index (χ4v) is 3.00. The zero-order valence-corrected chi connectivity index (χ0v) is 11.0. The van der Waals surface area contributed by atoms with Crippen LogP contribution in [0.3, 0.4) is 0 Å². The molecule has 1 heteroatoms. The van der Waals surface area contributed by atoms with Gasteiger partial charge >= 0.3 is 0 Å². The van der Waals surface area contributed by atoms with E-state index in [4.69, 9.17) is 0 Å². The molecule has 0 saturated carbocycles. The van der Waals surface area contributed by atoms with Gasteiger partial charge in [0.15, 0.2) is 0 Å². The molecule has 1 aliphatic heterocycles. The minimum absolute atomic E-state index is 0.358. The summed E-state index contributed by atoms with van der Waals surface area (Å²) in [5.41, 5.74) is 7.16. The highest BCUT2D eigenvalue weighted by molar-refractivity contribution is 5.46. The highest BCUT2D eigenvalue weighted by Crippen LogP contribution is 2.32. The first kappa shape index (κ1) is 11.5. The number of aryl methyl sites for hydroxylation is 2. The average Bonchev–Trinajstić information content (AvgIpc) is 2.39. The third-order valence-corrected chi connectivity index (χ3v) is 3.95. The molecule has 92 valence electrons. The van der Waals surface area contributed by atoms with Crippen LogP contribution in [-0.2, 0) is 6.42 Å². The SMILES string of the molecule is Cc1ccccc1[C@@H]1NCCc2cccc(C)c21. The van der Waals surface area contributed by atoms with Crippen molar-refractivity contribution in [1.82, 2.24) is 5.32 Å². The zero-order chi connectivity index (χ0) is 12.5. The Bertz CT molecular complexity index is 572. The van der Waals surface area contributed by atoms with Gasteiger partial charge in [0.1, 0.15) is 0 Å². The van der Waals surface area contributed by atoms with E-state index in [1.165, 1.54) is 27.8 Å². The van der Waals surface area contributed by atoms with E-state index >= 15 is 0 Å². The number of hydrogen-bond donors (Lipinski definition) is 1. The maximum absolute atomic E-state index is 3.67. The van der Waals surface area contributed by atoms with Crippen LogP contribution in [0, 0.1) is 13.8 Å². The minimum atomic E-state index is 0.358. The zero-order valence-electron chi connectivity index (χ0n) is 11.0. The number of fused-ring (bicyclic) bond motifs is 1. The summed E-state index contributed by atoms with van der Waals surface area (Å²) in [6.45, 7) is 5.48. The minimum Gasteiger partial charge on any atom is -0.306 e. The second-order valence-electron chi connectivity index (χ2n) is 5.14. The smallest absolute Gasteiger partial charge is 0.0584 e. The van der Waals surface area contributed by atoms with Crippen LogP contribution in [-0.4, -0.2) is 6.54 Å². The summed E-state index contributed by atoms with van der Waals surface area (Å²) in [5.74, 6) is 0. The Morgan fingerprint density at radius 1 is 0.944 bits per heavy atom. The Morgan fingerprint density at radius 2 is 1.72 bits per heavy atom. The van der Waals surface area contributed by atoms with Crippen molar-refractivity contribution in [2.45, 2.75) is 26.3 Å². The second kappa shape index (κ2) is 4.58. The molecule has 0 unspecified atom stereocenters. The van der Waals surface area contributed by atoms with Gasteiger partial charge < -0.3 is 5.32 Å². The van der Waals surface area contributed by atoms with Gasteiger partial charge in [0.25, 0.3) is 0 Å². The predicted octanol–water partition coefficient (Wildman–Crippen LogP) is 3.54. The van der Waals surface area contributed by atoms with Crippen LogP contribution in [0.15, 0.2) is 42.5 Å². The molecule has 0 radical (unpaired) electrons. The van der Waals surface area contributed by atoms with Gasteiger partial charge in [0.2, 0.25) is 0 Å². The Morgan fingerprint density at radius 3 is 2.56 bits per heavy atom. The maximum atomic E-state index is 3.67. The van der Waals surface area contributed by atoms with Crippen molar-refractivity contribution >= 4 is 0 Å². The summed E-state index contributed by atoms with van der Waals surface area (Å²) < 4.78 is 0. The van der Waals surface area contributed by atoms with E-state index in [0.29, 0.717) is 6.04 Å². The normalized spacial score (nSPS) is 18.4. The van der Waals surface area contributed by atoms with Crippen LogP contribution in [0.25, 0.3) is 0 Å². The molecule has 3 rings (SSSR count). The molecule has 1 heterocycles. The second-order valence-corrected chi connectivity index (χ2v) is 5.14. The van der Waals surface area contributed by atoms with Crippen molar-refractivity contribution in [2.75, 3.05) is 6.54 Å². The van der Waals surface area contributed by atoms with E-state index in [0.717, 1.165) is 13.0 Å². The molecule has 1 N–H and O–H groups in total. The van der Waals surface area contributed by atoms with Gasteiger partial charge in [-0.05, 0) is 48.1 Å². The lowest BCUT2D eigenvalue weighted by Gasteiger charge is -2.30. The molecule has 0 aromatic heterocycles. The summed E-state index contributed by atoms with van der Waals surface area (Å²) in [6, 6.07) is 15.7. The van der Waals surface area contributed by atoms with Crippen LogP contribution >= 0.6 is 0 Å². The first-order chi connectivity index (χ1) is 8.77. The van der Waals surface area contributed by atoms with Crippen LogP contribution in [0.5, 0.6) is 0 Å². The lowest BCUT2D eigenvalue weighted by atomic mass is 9.85. The van der Waals surface area contributed by atoms with E-state index in [-0.39, 0.29) is 0 Å². The van der Waals surface area contributed by atoms with E-state index in [1.807, 2.05) is 0 Å². The fraction of sp³-hybridized carbons (Fsp3) is 0.294. The van der Waals surface area contributed by atoms with Crippen molar-refractivity contribution in [3.63, 3.8) is 0 Å². The van der Waals surface area contributed by atoms with Crippen molar-refractivity contribution in [1.29, 1.82) is 0 Å². The molecule has 1 atom stereocenters. The largest absolute Gasteiger partial charge is 0.306 e. The molecule has 0 saturated heterocycles. The summed E-state index contributed by atoms with van der Waals surface area (Å²) >= 11 is 0. The third kappa shape index (κ3) is 1.85. The third-order valence-electron chi connectivity index (χ3n) is 3.95. The van der Waals surface area contributed by atoms with Crippen LogP contribution in [0.1, 0.15) is 33.9 Å². The van der Waals surface area contributed by atoms with Crippen LogP contribution < -0.4 is 5.32 Å². The molecule has 0 spiro atoms. The molecule has 2 aromatic carbocycles. The Labute approximate surface area is 109 Å². The van der Waals surface area contributed by atoms with Crippen molar-refractivity contribution < 1.29 is 0 Å². The van der Waals surface area contributed by atoms with E-state index in [1.54, 1.807) is 0 Å². The van der Waals surface area contributed by atoms with Gasteiger partial charge in [-0.1, -0.05) is 42.5 Å². The van der Waals surface area contributed by atoms with Crippen molar-refractivity contribution in [2.24, 2.45) is 0 Å². The first-order valence-corrected chi connectivity index (χ1v) is 6.64. The Kier molecular flexibility index (Phi) is 2.92. The molecule has 0 fully saturated rings. The molecular weight excluding hydrogens is 218 g/mol. The standard InChI is InChI=1S/C17H19N/c1-12-6-3-4-9-15(12)17-16-13(2)7-5-8-14(16)10-11-18-17/h3-9,17-18H,10-11H2,1-2H3/t17-/m0/s1. The average molecular weight is 237 g/mol. The van der Waals surface area contributed by atoms with Gasteiger partial charge in [0.05, 0.1) is 6.04 Å². The van der Waals surface area contributed by atoms with Crippen molar-refractivity contribution in [3.8, 4) is 0 Å². The number of hydrogen-bond acceptors (Lipinski definition) is 1. The van der Waals surface area contributed by atoms with Gasteiger partial charge in [-0.25, -0.2) is 0 Å². The fourth-order valence-electron chi connectivity index (χ4n) is 3.00. The summed E-state index contributed by atoms with van der Waals surface area (Å²) in [4.78, 5) is 0. The molecule has 0 amide bonds. The van der Waals surface area contributed by atoms with E-state index in [9.17, 15) is 0 Å². The highest BCUT2D eigenvalue weighted by atomic mass is 14.9. The topological polar surface area (TPSA) is 12.0 Å². The highest BCUT2D eigenvalue weighted by Gasteiger charge is 2.23. The van der Waals surface area contributed by atoms with Crippen LogP contribution in [0.2, 0.25) is 0 Å². The summed E-state index contributed by atoms with van der Waals surface area (Å²) in [7, 11) is 0. The summed E-state index contributed by atoms with van der Waals surface area (Å²) in [5, 5.41) is 3.67. The van der Waals surface area contributed by atoms with E-state index < -0.39 is 0 Å². The predicted molar refractivity (Wildman–Crippen MR) is 75.9 cm³/mol. The molecular formula is C17H19N. The maximum Gasteiger partial charge on any atom is 0.0584 e. The van der Waals surface area contributed by atoms with Gasteiger partial charge in [-0.15, -0.1) is 0 Å². The molecule has 0 aliphatic carbocycles. The molecule has 0 bridgehead atoms. The molecule has 18 heavy (non-hydrogen) atoms. The van der Waals surface area contributed by atoms with Gasteiger partial charge in [-0.3, -0.25) is 0 Å². The Balaban J connectivity index is 2.15. The quantitative estimate of drug-likeness (QED) is 0.800. The van der Waals surface area contributed by atoms with Crippen LogP contribution in [0.4, 0.5) is 0 Å². The lowest BCUT2D eigenvalue weighted by Crippen LogP contribution is -2.31.